The molecule has 0 atom stereocenters. The Morgan fingerprint density at radius 2 is 1.87 bits per heavy atom. The number of hydrogen-bond donors (Lipinski definition) is 0. The van der Waals surface area contributed by atoms with Crippen molar-refractivity contribution in [3.8, 4) is 0 Å². The lowest BCUT2D eigenvalue weighted by Crippen LogP contribution is -2.49. The second-order valence-electron chi connectivity index (χ2n) is 7.22. The molecule has 124 valence electrons. The molecule has 0 unspecified atom stereocenters. The van der Waals surface area contributed by atoms with Crippen LogP contribution >= 0.6 is 0 Å². The molecule has 0 bridgehead atoms. The molecule has 4 nitrogen and oxygen atoms in total. The van der Waals surface area contributed by atoms with Gasteiger partial charge in [-0.05, 0) is 12.0 Å². The number of ether oxygens (including phenoxy) is 2. The van der Waals surface area contributed by atoms with Crippen LogP contribution in [0.1, 0.15) is 32.3 Å². The van der Waals surface area contributed by atoms with E-state index in [1.54, 1.807) is 0 Å². The van der Waals surface area contributed by atoms with Gasteiger partial charge in [0.15, 0.2) is 5.79 Å². The SMILES string of the molecule is CC1(C)COC(CCCn2ccnc2)(Cc2ccccc2)OC1. The number of rotatable bonds is 6. The van der Waals surface area contributed by atoms with Gasteiger partial charge in [-0.3, -0.25) is 0 Å². The molecule has 1 fully saturated rings. The van der Waals surface area contributed by atoms with Crippen molar-refractivity contribution < 1.29 is 9.47 Å². The third-order valence-corrected chi connectivity index (χ3v) is 4.30. The first-order valence-corrected chi connectivity index (χ1v) is 8.35. The molecular weight excluding hydrogens is 288 g/mol. The Morgan fingerprint density at radius 3 is 2.52 bits per heavy atom. The largest absolute Gasteiger partial charge is 0.349 e. The molecular formula is C19H26N2O2. The zero-order valence-corrected chi connectivity index (χ0v) is 14.1. The summed E-state index contributed by atoms with van der Waals surface area (Å²) in [6, 6.07) is 10.5. The van der Waals surface area contributed by atoms with Crippen LogP contribution in [0.25, 0.3) is 0 Å². The fourth-order valence-corrected chi connectivity index (χ4v) is 2.93. The van der Waals surface area contributed by atoms with Crippen LogP contribution in [0.2, 0.25) is 0 Å². The number of hydrogen-bond acceptors (Lipinski definition) is 3. The van der Waals surface area contributed by atoms with E-state index >= 15 is 0 Å². The lowest BCUT2D eigenvalue weighted by Gasteiger charge is -2.44. The number of imidazole rings is 1. The Labute approximate surface area is 138 Å². The summed E-state index contributed by atoms with van der Waals surface area (Å²) in [5.41, 5.74) is 1.35. The molecule has 4 heteroatoms. The van der Waals surface area contributed by atoms with Crippen molar-refractivity contribution in [2.45, 2.75) is 45.4 Å². The Bertz CT molecular complexity index is 583. The molecule has 0 amide bonds. The Balaban J connectivity index is 1.66. The van der Waals surface area contributed by atoms with Crippen molar-refractivity contribution in [2.24, 2.45) is 5.41 Å². The summed E-state index contributed by atoms with van der Waals surface area (Å²) in [6.07, 6.45) is 8.36. The van der Waals surface area contributed by atoms with Gasteiger partial charge >= 0.3 is 0 Å². The van der Waals surface area contributed by atoms with Gasteiger partial charge in [-0.15, -0.1) is 0 Å². The van der Waals surface area contributed by atoms with Crippen molar-refractivity contribution in [3.05, 3.63) is 54.6 Å². The van der Waals surface area contributed by atoms with Gasteiger partial charge in [0.05, 0.1) is 19.5 Å². The molecule has 0 radical (unpaired) electrons. The molecule has 1 aliphatic heterocycles. The van der Waals surface area contributed by atoms with E-state index in [2.05, 4.69) is 47.7 Å². The zero-order valence-electron chi connectivity index (χ0n) is 14.1. The van der Waals surface area contributed by atoms with Crippen LogP contribution in [0.15, 0.2) is 49.1 Å². The van der Waals surface area contributed by atoms with Gasteiger partial charge in [-0.25, -0.2) is 4.98 Å². The zero-order chi connectivity index (χ0) is 16.2. The molecule has 1 aliphatic rings. The highest BCUT2D eigenvalue weighted by molar-refractivity contribution is 5.16. The van der Waals surface area contributed by atoms with E-state index in [0.717, 1.165) is 39.0 Å². The molecule has 1 aromatic heterocycles. The maximum absolute atomic E-state index is 6.26. The van der Waals surface area contributed by atoms with Crippen molar-refractivity contribution in [2.75, 3.05) is 13.2 Å². The van der Waals surface area contributed by atoms with Gasteiger partial charge < -0.3 is 14.0 Å². The predicted octanol–water partition coefficient (Wildman–Crippen LogP) is 3.68. The minimum Gasteiger partial charge on any atom is -0.349 e. The van der Waals surface area contributed by atoms with E-state index in [4.69, 9.17) is 9.47 Å². The predicted molar refractivity (Wildman–Crippen MR) is 90.0 cm³/mol. The highest BCUT2D eigenvalue weighted by atomic mass is 16.7. The van der Waals surface area contributed by atoms with Crippen molar-refractivity contribution in [1.29, 1.82) is 0 Å². The summed E-state index contributed by atoms with van der Waals surface area (Å²) in [7, 11) is 0. The van der Waals surface area contributed by atoms with Gasteiger partial charge in [0.2, 0.25) is 0 Å². The summed E-state index contributed by atoms with van der Waals surface area (Å²) >= 11 is 0. The van der Waals surface area contributed by atoms with Gasteiger partial charge in [0.25, 0.3) is 0 Å². The van der Waals surface area contributed by atoms with E-state index in [0.29, 0.717) is 0 Å². The third kappa shape index (κ3) is 4.43. The van der Waals surface area contributed by atoms with Crippen LogP contribution in [0.3, 0.4) is 0 Å². The van der Waals surface area contributed by atoms with Gasteiger partial charge in [0.1, 0.15) is 0 Å². The first-order valence-electron chi connectivity index (χ1n) is 8.35. The first-order chi connectivity index (χ1) is 11.1. The van der Waals surface area contributed by atoms with E-state index in [1.807, 2.05) is 24.8 Å². The molecule has 23 heavy (non-hydrogen) atoms. The number of nitrogens with zero attached hydrogens (tertiary/aromatic N) is 2. The van der Waals surface area contributed by atoms with E-state index in [1.165, 1.54) is 5.56 Å². The lowest BCUT2D eigenvalue weighted by atomic mass is 9.92. The topological polar surface area (TPSA) is 36.3 Å². The number of benzene rings is 1. The van der Waals surface area contributed by atoms with Crippen molar-refractivity contribution in [1.82, 2.24) is 9.55 Å². The average molecular weight is 314 g/mol. The first kappa shape index (κ1) is 16.2. The quantitative estimate of drug-likeness (QED) is 0.816. The minimum atomic E-state index is -0.503. The summed E-state index contributed by atoms with van der Waals surface area (Å²) < 4.78 is 14.6. The summed E-state index contributed by atoms with van der Waals surface area (Å²) in [4.78, 5) is 4.09. The molecule has 3 rings (SSSR count). The molecule has 2 heterocycles. The van der Waals surface area contributed by atoms with Crippen LogP contribution in [0, 0.1) is 5.41 Å². The fourth-order valence-electron chi connectivity index (χ4n) is 2.93. The maximum atomic E-state index is 6.26. The summed E-state index contributed by atoms with van der Waals surface area (Å²) in [5.74, 6) is -0.503. The van der Waals surface area contributed by atoms with Gasteiger partial charge in [0, 0.05) is 37.2 Å². The third-order valence-electron chi connectivity index (χ3n) is 4.30. The summed E-state index contributed by atoms with van der Waals surface area (Å²) in [5, 5.41) is 0. The molecule has 0 N–H and O–H groups in total. The van der Waals surface area contributed by atoms with Crippen LogP contribution in [-0.4, -0.2) is 28.6 Å². The van der Waals surface area contributed by atoms with Gasteiger partial charge in [-0.1, -0.05) is 44.2 Å². The van der Waals surface area contributed by atoms with Crippen LogP contribution in [-0.2, 0) is 22.4 Å². The smallest absolute Gasteiger partial charge is 0.172 e. The van der Waals surface area contributed by atoms with E-state index in [9.17, 15) is 0 Å². The number of aryl methyl sites for hydroxylation is 1. The molecule has 0 saturated carbocycles. The van der Waals surface area contributed by atoms with Gasteiger partial charge in [-0.2, -0.15) is 0 Å². The monoisotopic (exact) mass is 314 g/mol. The molecule has 2 aromatic rings. The molecule has 0 spiro atoms. The van der Waals surface area contributed by atoms with Crippen LogP contribution < -0.4 is 0 Å². The molecule has 1 saturated heterocycles. The Morgan fingerprint density at radius 1 is 1.13 bits per heavy atom. The van der Waals surface area contributed by atoms with E-state index in [-0.39, 0.29) is 5.41 Å². The second kappa shape index (κ2) is 6.85. The normalized spacial score (nSPS) is 19.6. The highest BCUT2D eigenvalue weighted by Crippen LogP contribution is 2.35. The second-order valence-corrected chi connectivity index (χ2v) is 7.22. The lowest BCUT2D eigenvalue weighted by molar-refractivity contribution is -0.301. The van der Waals surface area contributed by atoms with Crippen LogP contribution in [0.4, 0.5) is 0 Å². The Kier molecular flexibility index (Phi) is 4.83. The minimum absolute atomic E-state index is 0.0878. The fraction of sp³-hybridized carbons (Fsp3) is 0.526. The highest BCUT2D eigenvalue weighted by Gasteiger charge is 2.40. The van der Waals surface area contributed by atoms with Crippen molar-refractivity contribution >= 4 is 0 Å². The maximum Gasteiger partial charge on any atom is 0.172 e. The van der Waals surface area contributed by atoms with Crippen molar-refractivity contribution in [3.63, 3.8) is 0 Å². The summed E-state index contributed by atoms with van der Waals surface area (Å²) in [6.45, 7) is 6.79. The van der Waals surface area contributed by atoms with E-state index < -0.39 is 5.79 Å². The Hall–Kier alpha value is -1.65. The standard InChI is InChI=1S/C19H26N2O2/c1-18(2)14-22-19(23-15-18,13-17-7-4-3-5-8-17)9-6-11-21-12-10-20-16-21/h3-5,7-8,10,12,16H,6,9,11,13-15H2,1-2H3. The average Bonchev–Trinajstić information content (AvgIpc) is 3.05. The molecule has 1 aromatic carbocycles. The van der Waals surface area contributed by atoms with Crippen LogP contribution in [0.5, 0.6) is 0 Å². The molecule has 0 aliphatic carbocycles. The number of aromatic nitrogens is 2.